The number of aryl methyl sites for hydroxylation is 2. The monoisotopic (exact) mass is 336 g/mol. The molecular weight excluding hydrogens is 320 g/mol. The van der Waals surface area contributed by atoms with E-state index in [9.17, 15) is 0 Å². The second kappa shape index (κ2) is 6.58. The summed E-state index contributed by atoms with van der Waals surface area (Å²) >= 11 is 10.0. The fraction of sp³-hybridized carbons (Fsp3) is 0.294. The van der Waals surface area contributed by atoms with Crippen molar-refractivity contribution in [3.05, 3.63) is 69.2 Å². The molecule has 19 heavy (non-hydrogen) atoms. The van der Waals surface area contributed by atoms with Crippen LogP contribution in [0.5, 0.6) is 0 Å². The normalized spacial score (nSPS) is 12.4. The number of rotatable bonds is 4. The van der Waals surface area contributed by atoms with E-state index in [4.69, 9.17) is 11.6 Å². The van der Waals surface area contributed by atoms with Gasteiger partial charge in [0.05, 0.1) is 5.38 Å². The lowest BCUT2D eigenvalue weighted by Crippen LogP contribution is -1.97. The van der Waals surface area contributed by atoms with Crippen LogP contribution in [0.25, 0.3) is 0 Å². The molecule has 0 aliphatic carbocycles. The van der Waals surface area contributed by atoms with Gasteiger partial charge in [0.15, 0.2) is 0 Å². The number of hydrogen-bond acceptors (Lipinski definition) is 0. The van der Waals surface area contributed by atoms with Gasteiger partial charge in [-0.15, -0.1) is 11.6 Å². The van der Waals surface area contributed by atoms with Crippen LogP contribution in [0.1, 0.15) is 41.5 Å². The van der Waals surface area contributed by atoms with Gasteiger partial charge in [0.2, 0.25) is 0 Å². The van der Waals surface area contributed by atoms with Crippen LogP contribution >= 0.6 is 27.5 Å². The van der Waals surface area contributed by atoms with Gasteiger partial charge in [0, 0.05) is 4.47 Å². The summed E-state index contributed by atoms with van der Waals surface area (Å²) in [6.45, 7) is 4.39. The fourth-order valence-electron chi connectivity index (χ4n) is 2.30. The first-order chi connectivity index (χ1) is 9.15. The molecule has 2 aromatic rings. The Bertz CT molecular complexity index is 546. The minimum absolute atomic E-state index is 0.0793. The highest BCUT2D eigenvalue weighted by atomic mass is 79.9. The van der Waals surface area contributed by atoms with E-state index in [0.29, 0.717) is 0 Å². The topological polar surface area (TPSA) is 0 Å². The van der Waals surface area contributed by atoms with Crippen LogP contribution in [0.2, 0.25) is 0 Å². The molecule has 0 aromatic heterocycles. The maximum Gasteiger partial charge on any atom is 0.0835 e. The predicted octanol–water partition coefficient (Wildman–Crippen LogP) is 5.90. The molecule has 0 N–H and O–H groups in total. The molecule has 1 atom stereocenters. The zero-order valence-electron chi connectivity index (χ0n) is 11.3. The van der Waals surface area contributed by atoms with E-state index < -0.39 is 0 Å². The lowest BCUT2D eigenvalue weighted by molar-refractivity contribution is 1.02. The standard InChI is InChI=1S/C17H18BrCl/c1-3-12-5-6-15(11-13(12)4-2)17(19)14-7-9-16(18)10-8-14/h5-11,17H,3-4H2,1-2H3. The smallest absolute Gasteiger partial charge is 0.0835 e. The van der Waals surface area contributed by atoms with Crippen LogP contribution in [0.4, 0.5) is 0 Å². The quantitative estimate of drug-likeness (QED) is 0.609. The molecule has 0 saturated heterocycles. The fourth-order valence-corrected chi connectivity index (χ4v) is 2.85. The third-order valence-electron chi connectivity index (χ3n) is 3.45. The molecule has 2 rings (SSSR count). The van der Waals surface area contributed by atoms with Crippen molar-refractivity contribution in [3.8, 4) is 0 Å². The molecule has 0 aliphatic rings. The largest absolute Gasteiger partial charge is 0.113 e. The van der Waals surface area contributed by atoms with Crippen LogP contribution in [-0.2, 0) is 12.8 Å². The van der Waals surface area contributed by atoms with E-state index in [0.717, 1.165) is 22.9 Å². The zero-order valence-corrected chi connectivity index (χ0v) is 13.6. The Morgan fingerprint density at radius 3 is 2.05 bits per heavy atom. The van der Waals surface area contributed by atoms with Gasteiger partial charge in [0.25, 0.3) is 0 Å². The van der Waals surface area contributed by atoms with Crippen molar-refractivity contribution < 1.29 is 0 Å². The summed E-state index contributed by atoms with van der Waals surface area (Å²) in [4.78, 5) is 0. The third kappa shape index (κ3) is 3.40. The average molecular weight is 338 g/mol. The summed E-state index contributed by atoms with van der Waals surface area (Å²) in [6, 6.07) is 14.8. The Hall–Kier alpha value is -0.790. The van der Waals surface area contributed by atoms with Gasteiger partial charge in [-0.2, -0.15) is 0 Å². The van der Waals surface area contributed by atoms with Crippen molar-refractivity contribution in [2.24, 2.45) is 0 Å². The average Bonchev–Trinajstić information content (AvgIpc) is 2.46. The number of hydrogen-bond donors (Lipinski definition) is 0. The van der Waals surface area contributed by atoms with Crippen LogP contribution in [0.15, 0.2) is 46.9 Å². The Kier molecular flexibility index (Phi) is 5.06. The van der Waals surface area contributed by atoms with Crippen LogP contribution in [-0.4, -0.2) is 0 Å². The minimum Gasteiger partial charge on any atom is -0.113 e. The highest BCUT2D eigenvalue weighted by molar-refractivity contribution is 9.10. The van der Waals surface area contributed by atoms with Crippen LogP contribution in [0.3, 0.4) is 0 Å². The molecule has 0 bridgehead atoms. The molecule has 1 unspecified atom stereocenters. The van der Waals surface area contributed by atoms with Crippen molar-refractivity contribution in [1.82, 2.24) is 0 Å². The Morgan fingerprint density at radius 2 is 1.47 bits per heavy atom. The number of benzene rings is 2. The van der Waals surface area contributed by atoms with E-state index in [2.05, 4.69) is 60.1 Å². The first kappa shape index (κ1) is 14.6. The lowest BCUT2D eigenvalue weighted by Gasteiger charge is -2.14. The third-order valence-corrected chi connectivity index (χ3v) is 4.48. The summed E-state index contributed by atoms with van der Waals surface area (Å²) in [6.07, 6.45) is 2.13. The van der Waals surface area contributed by atoms with Gasteiger partial charge < -0.3 is 0 Å². The van der Waals surface area contributed by atoms with Gasteiger partial charge in [-0.1, -0.05) is 60.1 Å². The Morgan fingerprint density at radius 1 is 0.895 bits per heavy atom. The summed E-state index contributed by atoms with van der Waals surface area (Å²) in [5.41, 5.74) is 5.14. The predicted molar refractivity (Wildman–Crippen MR) is 87.0 cm³/mol. The Balaban J connectivity index is 2.33. The number of alkyl halides is 1. The molecular formula is C17H18BrCl. The molecule has 0 heterocycles. The van der Waals surface area contributed by atoms with Crippen molar-refractivity contribution in [1.29, 1.82) is 0 Å². The second-order valence-electron chi connectivity index (χ2n) is 4.65. The molecule has 0 nitrogen and oxygen atoms in total. The number of halogens is 2. The molecule has 0 radical (unpaired) electrons. The van der Waals surface area contributed by atoms with Crippen molar-refractivity contribution in [3.63, 3.8) is 0 Å². The Labute approximate surface area is 128 Å². The summed E-state index contributed by atoms with van der Waals surface area (Å²) in [5.74, 6) is 0. The molecule has 2 heteroatoms. The zero-order chi connectivity index (χ0) is 13.8. The lowest BCUT2D eigenvalue weighted by atomic mass is 9.96. The van der Waals surface area contributed by atoms with Gasteiger partial charge in [-0.3, -0.25) is 0 Å². The van der Waals surface area contributed by atoms with E-state index in [1.165, 1.54) is 16.7 Å². The van der Waals surface area contributed by atoms with Crippen molar-refractivity contribution >= 4 is 27.5 Å². The van der Waals surface area contributed by atoms with Gasteiger partial charge >= 0.3 is 0 Å². The van der Waals surface area contributed by atoms with Crippen molar-refractivity contribution in [2.75, 3.05) is 0 Å². The van der Waals surface area contributed by atoms with Crippen LogP contribution in [0, 0.1) is 0 Å². The first-order valence-electron chi connectivity index (χ1n) is 6.67. The summed E-state index contributed by atoms with van der Waals surface area (Å²) < 4.78 is 1.08. The highest BCUT2D eigenvalue weighted by Crippen LogP contribution is 2.31. The van der Waals surface area contributed by atoms with E-state index in [1.54, 1.807) is 0 Å². The summed E-state index contributed by atoms with van der Waals surface area (Å²) in [5, 5.41) is -0.0793. The molecule has 0 saturated carbocycles. The van der Waals surface area contributed by atoms with Crippen LogP contribution < -0.4 is 0 Å². The maximum atomic E-state index is 6.59. The molecule has 100 valence electrons. The van der Waals surface area contributed by atoms with Gasteiger partial charge in [-0.05, 0) is 47.2 Å². The maximum absolute atomic E-state index is 6.59. The van der Waals surface area contributed by atoms with E-state index >= 15 is 0 Å². The molecule has 0 amide bonds. The molecule has 0 spiro atoms. The molecule has 2 aromatic carbocycles. The van der Waals surface area contributed by atoms with Crippen molar-refractivity contribution in [2.45, 2.75) is 32.1 Å². The second-order valence-corrected chi connectivity index (χ2v) is 6.00. The van der Waals surface area contributed by atoms with Gasteiger partial charge in [0.1, 0.15) is 0 Å². The van der Waals surface area contributed by atoms with E-state index in [1.807, 2.05) is 12.1 Å². The first-order valence-corrected chi connectivity index (χ1v) is 7.89. The van der Waals surface area contributed by atoms with E-state index in [-0.39, 0.29) is 5.38 Å². The highest BCUT2D eigenvalue weighted by Gasteiger charge is 2.12. The minimum atomic E-state index is -0.0793. The van der Waals surface area contributed by atoms with Gasteiger partial charge in [-0.25, -0.2) is 0 Å². The SMILES string of the molecule is CCc1ccc(C(Cl)c2ccc(Br)cc2)cc1CC. The molecule has 0 fully saturated rings. The molecule has 0 aliphatic heterocycles. The summed E-state index contributed by atoms with van der Waals surface area (Å²) in [7, 11) is 0.